The van der Waals surface area contributed by atoms with Crippen LogP contribution in [0, 0.1) is 5.82 Å². The molecule has 4 N–H and O–H groups in total. The number of amides is 3. The largest absolute Gasteiger partial charge is 0.494 e. The van der Waals surface area contributed by atoms with Gasteiger partial charge in [-0.15, -0.1) is 10.2 Å². The Bertz CT molecular complexity index is 1510. The maximum Gasteiger partial charge on any atom is 0.324 e. The number of para-hydroxylation sites is 1. The van der Waals surface area contributed by atoms with Crippen molar-refractivity contribution < 1.29 is 18.7 Å². The molecule has 12 nitrogen and oxygen atoms in total. The number of nitrogens with zero attached hydrogens (tertiary/aromatic N) is 5. The molecule has 0 atom stereocenters. The van der Waals surface area contributed by atoms with Gasteiger partial charge in [-0.05, 0) is 36.4 Å². The van der Waals surface area contributed by atoms with Crippen molar-refractivity contribution >= 4 is 58.4 Å². The average Bonchev–Trinajstić information content (AvgIpc) is 3.30. The maximum absolute atomic E-state index is 13.2. The van der Waals surface area contributed by atoms with E-state index in [4.69, 9.17) is 28.3 Å². The summed E-state index contributed by atoms with van der Waals surface area (Å²) in [6.45, 7) is 0. The zero-order valence-corrected chi connectivity index (χ0v) is 20.8. The first-order chi connectivity index (χ1) is 18.5. The third-order valence-electron chi connectivity index (χ3n) is 5.01. The van der Waals surface area contributed by atoms with Crippen molar-refractivity contribution in [3.8, 4) is 17.1 Å². The number of carbonyl (C=O) groups is 2. The van der Waals surface area contributed by atoms with Gasteiger partial charge in [-0.25, -0.2) is 14.2 Å². The Balaban J connectivity index is 1.67. The van der Waals surface area contributed by atoms with Crippen LogP contribution >= 0.6 is 0 Å². The van der Waals surface area contributed by atoms with Gasteiger partial charge in [-0.3, -0.25) is 14.8 Å². The topological polar surface area (TPSA) is 148 Å². The minimum absolute atomic E-state index is 0.0327. The summed E-state index contributed by atoms with van der Waals surface area (Å²) < 4.78 is 20.3. The zero-order valence-electron chi connectivity index (χ0n) is 20.8. The molecule has 0 saturated carbocycles. The standard InChI is InChI=1S/C23H19B3FN9O3/c1-36-11-28-20(35-36)14-4-3-5-15(19(14)39-2)30-16-10-17(33-34-18(16)21(37)32-23(24,25)26)31-22(38)29-13-8-6-12(27)7-9-13/h3-11H,1-2H3,(H,32,37)(H3,29,30,31,33,38). The van der Waals surface area contributed by atoms with Gasteiger partial charge in [0, 0.05) is 18.8 Å². The number of urea groups is 1. The maximum atomic E-state index is 13.2. The summed E-state index contributed by atoms with van der Waals surface area (Å²) in [5, 5.41) is 20.3. The predicted octanol–water partition coefficient (Wildman–Crippen LogP) is 1.65. The number of rotatable bonds is 8. The highest BCUT2D eigenvalue weighted by atomic mass is 19.1. The van der Waals surface area contributed by atoms with Gasteiger partial charge in [-0.1, -0.05) is 11.3 Å². The number of hydrogen-bond acceptors (Lipinski definition) is 8. The van der Waals surface area contributed by atoms with Gasteiger partial charge < -0.3 is 20.7 Å². The van der Waals surface area contributed by atoms with Crippen molar-refractivity contribution in [3.05, 3.63) is 66.4 Å². The second-order valence-electron chi connectivity index (χ2n) is 8.22. The number of carbonyl (C=O) groups excluding carboxylic acids is 2. The number of benzene rings is 2. The lowest BCUT2D eigenvalue weighted by molar-refractivity contribution is 0.0947. The van der Waals surface area contributed by atoms with Crippen molar-refractivity contribution in [1.82, 2.24) is 30.3 Å². The van der Waals surface area contributed by atoms with Crippen molar-refractivity contribution in [3.63, 3.8) is 0 Å². The number of anilines is 4. The fourth-order valence-corrected chi connectivity index (χ4v) is 3.42. The second-order valence-corrected chi connectivity index (χ2v) is 8.22. The fourth-order valence-electron chi connectivity index (χ4n) is 3.42. The lowest BCUT2D eigenvalue weighted by Crippen LogP contribution is -2.50. The molecule has 2 heterocycles. The minimum atomic E-state index is -2.04. The quantitative estimate of drug-likeness (QED) is 0.256. The predicted molar refractivity (Wildman–Crippen MR) is 145 cm³/mol. The molecule has 6 radical (unpaired) electrons. The van der Waals surface area contributed by atoms with Crippen LogP contribution in [0.15, 0.2) is 54.9 Å². The summed E-state index contributed by atoms with van der Waals surface area (Å²) in [6, 6.07) is 11.0. The number of ether oxygens (including phenoxy) is 1. The van der Waals surface area contributed by atoms with E-state index in [-0.39, 0.29) is 17.2 Å². The average molecular weight is 521 g/mol. The highest BCUT2D eigenvalue weighted by Crippen LogP contribution is 2.37. The van der Waals surface area contributed by atoms with E-state index in [1.807, 2.05) is 0 Å². The van der Waals surface area contributed by atoms with Crippen LogP contribution in [0.2, 0.25) is 0 Å². The molecule has 3 amide bonds. The van der Waals surface area contributed by atoms with Gasteiger partial charge in [0.2, 0.25) is 0 Å². The van der Waals surface area contributed by atoms with Gasteiger partial charge in [0.25, 0.3) is 5.91 Å². The Morgan fingerprint density at radius 3 is 2.41 bits per heavy atom. The van der Waals surface area contributed by atoms with Gasteiger partial charge in [0.15, 0.2) is 23.1 Å². The summed E-state index contributed by atoms with van der Waals surface area (Å²) in [7, 11) is 19.7. The molecule has 4 aromatic rings. The summed E-state index contributed by atoms with van der Waals surface area (Å²) >= 11 is 0. The minimum Gasteiger partial charge on any atom is -0.494 e. The van der Waals surface area contributed by atoms with E-state index in [0.717, 1.165) is 0 Å². The molecule has 0 aliphatic carbocycles. The molecule has 2 aromatic heterocycles. The summed E-state index contributed by atoms with van der Waals surface area (Å²) in [4.78, 5) is 29.6. The van der Waals surface area contributed by atoms with Crippen LogP contribution in [-0.4, -0.2) is 72.8 Å². The van der Waals surface area contributed by atoms with E-state index in [1.165, 1.54) is 48.5 Å². The fraction of sp³-hybridized carbons (Fsp3) is 0.130. The molecule has 0 unspecified atom stereocenters. The van der Waals surface area contributed by atoms with E-state index in [9.17, 15) is 14.0 Å². The molecule has 0 fully saturated rings. The smallest absolute Gasteiger partial charge is 0.324 e. The van der Waals surface area contributed by atoms with Crippen LogP contribution < -0.4 is 26.0 Å². The Hall–Kier alpha value is -4.88. The molecule has 39 heavy (non-hydrogen) atoms. The van der Waals surface area contributed by atoms with Gasteiger partial charge in [0.05, 0.1) is 47.6 Å². The Labute approximate surface area is 226 Å². The van der Waals surface area contributed by atoms with Crippen LogP contribution in [0.5, 0.6) is 5.75 Å². The monoisotopic (exact) mass is 521 g/mol. The number of nitrogens with one attached hydrogen (secondary N) is 4. The number of methoxy groups -OCH3 is 1. The van der Waals surface area contributed by atoms with Crippen molar-refractivity contribution in [1.29, 1.82) is 0 Å². The number of hydrogen-bond donors (Lipinski definition) is 4. The van der Waals surface area contributed by atoms with Gasteiger partial charge in [0.1, 0.15) is 12.1 Å². The van der Waals surface area contributed by atoms with Crippen LogP contribution in [0.1, 0.15) is 10.5 Å². The summed E-state index contributed by atoms with van der Waals surface area (Å²) in [5.74, 6) is -0.564. The van der Waals surface area contributed by atoms with Gasteiger partial charge >= 0.3 is 6.03 Å². The molecule has 0 aliphatic heterocycles. The first-order valence-electron chi connectivity index (χ1n) is 11.2. The van der Waals surface area contributed by atoms with E-state index in [1.54, 1.807) is 25.2 Å². The molecule has 4 rings (SSSR count). The SMILES string of the molecule is [B]C([B])([B])NC(=O)c1nnc(NC(=O)Nc2ccc(F)cc2)cc1Nc1cccc(-c2ncn(C)n2)c1OC. The number of aromatic nitrogens is 5. The third-order valence-corrected chi connectivity index (χ3v) is 5.01. The number of halogens is 1. The molecule has 0 bridgehead atoms. The van der Waals surface area contributed by atoms with Crippen molar-refractivity contribution in [2.45, 2.75) is 5.24 Å². The molecule has 190 valence electrons. The first-order valence-corrected chi connectivity index (χ1v) is 11.2. The second kappa shape index (κ2) is 11.2. The van der Waals surface area contributed by atoms with E-state index < -0.39 is 23.0 Å². The molecule has 0 aliphatic rings. The normalized spacial score (nSPS) is 10.9. The first kappa shape index (κ1) is 27.2. The molecular formula is C23H19B3FN9O3. The molecule has 0 spiro atoms. The zero-order chi connectivity index (χ0) is 28.2. The van der Waals surface area contributed by atoms with Crippen LogP contribution in [-0.2, 0) is 7.05 Å². The molecule has 16 heteroatoms. The summed E-state index contributed by atoms with van der Waals surface area (Å²) in [6.07, 6.45) is 1.54. The highest BCUT2D eigenvalue weighted by molar-refractivity contribution is 6.60. The van der Waals surface area contributed by atoms with Gasteiger partial charge in [-0.2, -0.15) is 5.10 Å². The van der Waals surface area contributed by atoms with E-state index >= 15 is 0 Å². The van der Waals surface area contributed by atoms with Crippen molar-refractivity contribution in [2.75, 3.05) is 23.1 Å². The van der Waals surface area contributed by atoms with Crippen molar-refractivity contribution in [2.24, 2.45) is 7.05 Å². The Morgan fingerprint density at radius 2 is 1.77 bits per heavy atom. The number of aryl methyl sites for hydroxylation is 1. The van der Waals surface area contributed by atoms with Crippen LogP contribution in [0.25, 0.3) is 11.4 Å². The molecular weight excluding hydrogens is 502 g/mol. The van der Waals surface area contributed by atoms with Crippen LogP contribution in [0.3, 0.4) is 0 Å². The highest BCUT2D eigenvalue weighted by Gasteiger charge is 2.22. The Morgan fingerprint density at radius 1 is 1.03 bits per heavy atom. The Kier molecular flexibility index (Phi) is 7.84. The molecule has 0 saturated heterocycles. The third kappa shape index (κ3) is 6.91. The summed E-state index contributed by atoms with van der Waals surface area (Å²) in [5.41, 5.74) is 1.16. The lowest BCUT2D eigenvalue weighted by atomic mass is 9.49. The van der Waals surface area contributed by atoms with E-state index in [2.05, 4.69) is 41.5 Å². The lowest BCUT2D eigenvalue weighted by Gasteiger charge is -2.23. The molecule has 2 aromatic carbocycles. The van der Waals surface area contributed by atoms with Crippen LogP contribution in [0.4, 0.5) is 32.1 Å². The van der Waals surface area contributed by atoms with E-state index in [0.29, 0.717) is 28.5 Å².